The number of carbonyl (C=O) groups excluding carboxylic acids is 1. The van der Waals surface area contributed by atoms with Crippen molar-refractivity contribution in [1.29, 1.82) is 0 Å². The molecule has 2 saturated carbocycles. The van der Waals surface area contributed by atoms with Gasteiger partial charge in [-0.25, -0.2) is 0 Å². The van der Waals surface area contributed by atoms with Crippen molar-refractivity contribution < 1.29 is 9.53 Å². The summed E-state index contributed by atoms with van der Waals surface area (Å²) in [7, 11) is 0. The van der Waals surface area contributed by atoms with E-state index in [-0.39, 0.29) is 12.0 Å². The first-order valence-electron chi connectivity index (χ1n) is 10.0. The number of morpholine rings is 1. The van der Waals surface area contributed by atoms with Gasteiger partial charge in [0.15, 0.2) is 0 Å². The van der Waals surface area contributed by atoms with Gasteiger partial charge in [0.05, 0.1) is 25.3 Å². The molecule has 0 unspecified atom stereocenters. The Morgan fingerprint density at radius 3 is 2.68 bits per heavy atom. The average Bonchev–Trinajstić information content (AvgIpc) is 2.63. The molecule has 1 amide bonds. The Balaban J connectivity index is 1.39. The Hall–Kier alpha value is -1.39. The molecule has 4 heteroatoms. The minimum atomic E-state index is 0.250. The molecule has 25 heavy (non-hydrogen) atoms. The third-order valence-electron chi connectivity index (χ3n) is 6.31. The normalized spacial score (nSPS) is 28.1. The Morgan fingerprint density at radius 2 is 1.92 bits per heavy atom. The van der Waals surface area contributed by atoms with Crippen molar-refractivity contribution in [2.75, 3.05) is 19.7 Å². The molecule has 0 radical (unpaired) electrons. The van der Waals surface area contributed by atoms with E-state index >= 15 is 0 Å². The number of rotatable bonds is 5. The van der Waals surface area contributed by atoms with Crippen molar-refractivity contribution in [3.05, 3.63) is 35.9 Å². The van der Waals surface area contributed by atoms with E-state index < -0.39 is 0 Å². The van der Waals surface area contributed by atoms with Crippen LogP contribution in [0.1, 0.15) is 56.6 Å². The largest absolute Gasteiger partial charge is 0.374 e. The molecule has 3 aliphatic rings. The molecule has 0 aromatic heterocycles. The lowest BCUT2D eigenvalue weighted by molar-refractivity contribution is -0.148. The van der Waals surface area contributed by atoms with Gasteiger partial charge in [-0.1, -0.05) is 49.6 Å². The number of carbonyl (C=O) groups is 1. The molecule has 4 rings (SSSR count). The summed E-state index contributed by atoms with van der Waals surface area (Å²) in [5, 5.41) is 3.60. The SMILES string of the molecule is O=C(CN[C@H](c1ccccc1)C1CCC1)N1CCO[C@H]2CCCC[C@H]21. The van der Waals surface area contributed by atoms with Gasteiger partial charge in [0, 0.05) is 12.6 Å². The summed E-state index contributed by atoms with van der Waals surface area (Å²) < 4.78 is 5.91. The van der Waals surface area contributed by atoms with Crippen LogP contribution in [0.4, 0.5) is 0 Å². The number of hydrogen-bond acceptors (Lipinski definition) is 3. The lowest BCUT2D eigenvalue weighted by Crippen LogP contribution is -2.56. The van der Waals surface area contributed by atoms with Crippen LogP contribution in [-0.2, 0) is 9.53 Å². The fourth-order valence-electron chi connectivity index (χ4n) is 4.70. The molecule has 1 heterocycles. The van der Waals surface area contributed by atoms with Crippen molar-refractivity contribution in [2.45, 2.75) is 63.1 Å². The van der Waals surface area contributed by atoms with Crippen LogP contribution in [0.25, 0.3) is 0 Å². The number of fused-ring (bicyclic) bond motifs is 1. The Bertz CT molecular complexity index is 571. The first-order valence-corrected chi connectivity index (χ1v) is 10.0. The summed E-state index contributed by atoms with van der Waals surface area (Å²) in [5.74, 6) is 0.919. The van der Waals surface area contributed by atoms with Crippen molar-refractivity contribution in [3.63, 3.8) is 0 Å². The number of nitrogens with one attached hydrogen (secondary N) is 1. The first-order chi connectivity index (χ1) is 12.3. The Labute approximate surface area is 150 Å². The lowest BCUT2D eigenvalue weighted by atomic mass is 9.77. The number of hydrogen-bond donors (Lipinski definition) is 1. The van der Waals surface area contributed by atoms with Crippen LogP contribution < -0.4 is 5.32 Å². The van der Waals surface area contributed by atoms with E-state index in [2.05, 4.69) is 40.5 Å². The minimum absolute atomic E-state index is 0.250. The lowest BCUT2D eigenvalue weighted by Gasteiger charge is -2.44. The van der Waals surface area contributed by atoms with Crippen LogP contribution in [0.3, 0.4) is 0 Å². The zero-order chi connectivity index (χ0) is 17.1. The maximum absolute atomic E-state index is 12.9. The van der Waals surface area contributed by atoms with Crippen LogP contribution in [0.15, 0.2) is 30.3 Å². The van der Waals surface area contributed by atoms with Crippen LogP contribution in [0.2, 0.25) is 0 Å². The summed E-state index contributed by atoms with van der Waals surface area (Å²) in [6.45, 7) is 1.89. The zero-order valence-electron chi connectivity index (χ0n) is 15.0. The maximum Gasteiger partial charge on any atom is 0.236 e. The van der Waals surface area contributed by atoms with Gasteiger partial charge in [-0.3, -0.25) is 4.79 Å². The minimum Gasteiger partial charge on any atom is -0.374 e. The predicted molar refractivity (Wildman–Crippen MR) is 98.2 cm³/mol. The molecule has 1 saturated heterocycles. The van der Waals surface area contributed by atoms with Gasteiger partial charge in [0.25, 0.3) is 0 Å². The second-order valence-corrected chi connectivity index (χ2v) is 7.81. The number of ether oxygens (including phenoxy) is 1. The van der Waals surface area contributed by atoms with Gasteiger partial charge in [0.1, 0.15) is 0 Å². The Kier molecular flexibility index (Phi) is 5.37. The summed E-state index contributed by atoms with van der Waals surface area (Å²) in [6.07, 6.45) is 8.78. The average molecular weight is 342 g/mol. The molecule has 136 valence electrons. The smallest absolute Gasteiger partial charge is 0.236 e. The second kappa shape index (κ2) is 7.88. The van der Waals surface area contributed by atoms with E-state index in [1.54, 1.807) is 0 Å². The highest BCUT2D eigenvalue weighted by molar-refractivity contribution is 5.79. The van der Waals surface area contributed by atoms with Crippen LogP contribution in [0, 0.1) is 5.92 Å². The fourth-order valence-corrected chi connectivity index (χ4v) is 4.70. The standard InChI is InChI=1S/C21H30N2O2/c24-20(23-13-14-25-19-12-5-4-11-18(19)23)15-22-21(17-9-6-10-17)16-7-2-1-3-8-16/h1-3,7-8,17-19,21-22H,4-6,9-15H2/t18-,19+,21-/m1/s1. The molecular weight excluding hydrogens is 312 g/mol. The van der Waals surface area contributed by atoms with Crippen molar-refractivity contribution in [1.82, 2.24) is 10.2 Å². The van der Waals surface area contributed by atoms with E-state index in [1.165, 1.54) is 37.7 Å². The van der Waals surface area contributed by atoms with E-state index in [4.69, 9.17) is 4.74 Å². The maximum atomic E-state index is 12.9. The molecule has 1 N–H and O–H groups in total. The highest BCUT2D eigenvalue weighted by Gasteiger charge is 2.37. The summed E-state index contributed by atoms with van der Waals surface area (Å²) in [4.78, 5) is 15.0. The van der Waals surface area contributed by atoms with Gasteiger partial charge < -0.3 is 15.0 Å². The van der Waals surface area contributed by atoms with Crippen molar-refractivity contribution in [3.8, 4) is 0 Å². The van der Waals surface area contributed by atoms with E-state index in [0.29, 0.717) is 31.2 Å². The topological polar surface area (TPSA) is 41.6 Å². The van der Waals surface area contributed by atoms with E-state index in [9.17, 15) is 4.79 Å². The molecule has 0 spiro atoms. The quantitative estimate of drug-likeness (QED) is 0.893. The van der Waals surface area contributed by atoms with Crippen LogP contribution >= 0.6 is 0 Å². The molecule has 3 atom stereocenters. The van der Waals surface area contributed by atoms with Gasteiger partial charge in [-0.2, -0.15) is 0 Å². The summed E-state index contributed by atoms with van der Waals surface area (Å²) >= 11 is 0. The summed E-state index contributed by atoms with van der Waals surface area (Å²) in [6, 6.07) is 11.2. The third kappa shape index (κ3) is 3.75. The molecule has 1 aromatic carbocycles. The molecule has 1 aliphatic heterocycles. The van der Waals surface area contributed by atoms with Crippen molar-refractivity contribution in [2.24, 2.45) is 5.92 Å². The van der Waals surface area contributed by atoms with Gasteiger partial charge in [-0.15, -0.1) is 0 Å². The highest BCUT2D eigenvalue weighted by atomic mass is 16.5. The van der Waals surface area contributed by atoms with Crippen molar-refractivity contribution >= 4 is 5.91 Å². The Morgan fingerprint density at radius 1 is 1.12 bits per heavy atom. The van der Waals surface area contributed by atoms with E-state index in [0.717, 1.165) is 19.4 Å². The molecule has 3 fully saturated rings. The molecule has 1 aromatic rings. The highest BCUT2D eigenvalue weighted by Crippen LogP contribution is 2.37. The third-order valence-corrected chi connectivity index (χ3v) is 6.31. The predicted octanol–water partition coefficient (Wildman–Crippen LogP) is 3.29. The summed E-state index contributed by atoms with van der Waals surface area (Å²) in [5.41, 5.74) is 1.32. The zero-order valence-corrected chi connectivity index (χ0v) is 15.0. The van der Waals surface area contributed by atoms with Crippen LogP contribution in [0.5, 0.6) is 0 Å². The molecule has 4 nitrogen and oxygen atoms in total. The fraction of sp³-hybridized carbons (Fsp3) is 0.667. The van der Waals surface area contributed by atoms with Crippen LogP contribution in [-0.4, -0.2) is 42.6 Å². The second-order valence-electron chi connectivity index (χ2n) is 7.81. The first kappa shape index (κ1) is 17.0. The number of amides is 1. The van der Waals surface area contributed by atoms with E-state index in [1.807, 2.05) is 0 Å². The molecule has 2 aliphatic carbocycles. The number of nitrogens with zero attached hydrogens (tertiary/aromatic N) is 1. The van der Waals surface area contributed by atoms with Gasteiger partial charge in [-0.05, 0) is 37.2 Å². The number of benzene rings is 1. The monoisotopic (exact) mass is 342 g/mol. The molecular formula is C21H30N2O2. The van der Waals surface area contributed by atoms with Gasteiger partial charge in [0.2, 0.25) is 5.91 Å². The molecule has 0 bridgehead atoms. The van der Waals surface area contributed by atoms with Gasteiger partial charge >= 0.3 is 0 Å².